The lowest BCUT2D eigenvalue weighted by Gasteiger charge is -2.35. The number of halogens is 1. The Hall–Kier alpha value is -1.82. The van der Waals surface area contributed by atoms with Crippen molar-refractivity contribution in [2.75, 3.05) is 5.73 Å². The molecule has 3 rings (SSSR count). The maximum Gasteiger partial charge on any atom is 0.411 e. The summed E-state index contributed by atoms with van der Waals surface area (Å²) in [6, 6.07) is 1.89. The molecule has 2 aliphatic heterocycles. The van der Waals surface area contributed by atoms with Crippen molar-refractivity contribution in [3.05, 3.63) is 22.9 Å². The number of fused-ring (bicyclic) bond motifs is 2. The maximum atomic E-state index is 12.4. The van der Waals surface area contributed by atoms with Crippen LogP contribution in [0.4, 0.5) is 10.6 Å². The van der Waals surface area contributed by atoms with Gasteiger partial charge in [0.15, 0.2) is 11.0 Å². The van der Waals surface area contributed by atoms with Crippen molar-refractivity contribution in [1.82, 2.24) is 15.1 Å². The number of carbonyl (C=O) groups excluding carboxylic acids is 1. The standard InChI is InChI=1S/C16H21ClN4O2/c1-16(2,3)23-15(22)21-10-4-5-11(21)7-9(6-10)12-8-13(17)19-20-14(12)18/h6,8,10-11H,4-5,7H2,1-3H3,(H2,18,20). The lowest BCUT2D eigenvalue weighted by molar-refractivity contribution is 0.0175. The third-order valence-electron chi connectivity index (χ3n) is 4.14. The van der Waals surface area contributed by atoms with Crippen LogP contribution >= 0.6 is 11.6 Å². The van der Waals surface area contributed by atoms with Crippen LogP contribution in [-0.4, -0.2) is 38.9 Å². The predicted molar refractivity (Wildman–Crippen MR) is 88.9 cm³/mol. The van der Waals surface area contributed by atoms with E-state index in [4.69, 9.17) is 22.1 Å². The molecule has 2 atom stereocenters. The van der Waals surface area contributed by atoms with Gasteiger partial charge in [0.2, 0.25) is 0 Å². The number of aromatic nitrogens is 2. The SMILES string of the molecule is CC(C)(C)OC(=O)N1C2C=C(c3cc(Cl)nnc3N)CC1CC2. The number of rotatable bonds is 1. The molecular formula is C16H21ClN4O2. The zero-order valence-electron chi connectivity index (χ0n) is 13.5. The topological polar surface area (TPSA) is 81.3 Å². The molecule has 0 aliphatic carbocycles. The summed E-state index contributed by atoms with van der Waals surface area (Å²) < 4.78 is 5.53. The van der Waals surface area contributed by atoms with Gasteiger partial charge in [-0.15, -0.1) is 10.2 Å². The first-order valence-corrected chi connectivity index (χ1v) is 8.13. The fourth-order valence-corrected chi connectivity index (χ4v) is 3.41. The maximum absolute atomic E-state index is 12.4. The second-order valence-corrected chi connectivity index (χ2v) is 7.44. The molecule has 0 radical (unpaired) electrons. The minimum absolute atomic E-state index is 0.0324. The van der Waals surface area contributed by atoms with Gasteiger partial charge >= 0.3 is 6.09 Å². The highest BCUT2D eigenvalue weighted by Gasteiger charge is 2.41. The van der Waals surface area contributed by atoms with Crippen molar-refractivity contribution in [2.24, 2.45) is 0 Å². The van der Waals surface area contributed by atoms with Gasteiger partial charge in [-0.2, -0.15) is 0 Å². The minimum atomic E-state index is -0.493. The minimum Gasteiger partial charge on any atom is -0.444 e. The highest BCUT2D eigenvalue weighted by atomic mass is 35.5. The van der Waals surface area contributed by atoms with Crippen LogP contribution in [0.1, 0.15) is 45.6 Å². The van der Waals surface area contributed by atoms with Crippen molar-refractivity contribution in [2.45, 2.75) is 57.7 Å². The van der Waals surface area contributed by atoms with Gasteiger partial charge in [0.25, 0.3) is 0 Å². The lowest BCUT2D eigenvalue weighted by atomic mass is 9.95. The van der Waals surface area contributed by atoms with Crippen molar-refractivity contribution >= 4 is 29.1 Å². The average molecular weight is 337 g/mol. The third-order valence-corrected chi connectivity index (χ3v) is 4.32. The number of amides is 1. The summed E-state index contributed by atoms with van der Waals surface area (Å²) in [5, 5.41) is 7.94. The van der Waals surface area contributed by atoms with Crippen LogP contribution < -0.4 is 5.73 Å². The van der Waals surface area contributed by atoms with E-state index in [1.54, 1.807) is 6.07 Å². The largest absolute Gasteiger partial charge is 0.444 e. The summed E-state index contributed by atoms with van der Waals surface area (Å²) >= 11 is 5.94. The van der Waals surface area contributed by atoms with E-state index in [1.165, 1.54) is 0 Å². The fourth-order valence-electron chi connectivity index (χ4n) is 3.26. The first-order valence-electron chi connectivity index (χ1n) is 7.75. The van der Waals surface area contributed by atoms with E-state index in [2.05, 4.69) is 16.3 Å². The summed E-state index contributed by atoms with van der Waals surface area (Å²) in [5.74, 6) is 0.366. The Morgan fingerprint density at radius 3 is 2.78 bits per heavy atom. The summed E-state index contributed by atoms with van der Waals surface area (Å²) in [6.45, 7) is 5.63. The van der Waals surface area contributed by atoms with Crippen LogP contribution in [0.2, 0.25) is 5.15 Å². The van der Waals surface area contributed by atoms with E-state index in [0.29, 0.717) is 11.0 Å². The monoisotopic (exact) mass is 336 g/mol. The molecule has 1 amide bonds. The summed E-state index contributed by atoms with van der Waals surface area (Å²) in [7, 11) is 0. The van der Waals surface area contributed by atoms with Gasteiger partial charge in [-0.1, -0.05) is 17.7 Å². The number of nitrogens with two attached hydrogens (primary N) is 1. The number of carbonyl (C=O) groups is 1. The zero-order chi connectivity index (χ0) is 16.8. The second kappa shape index (κ2) is 5.67. The molecule has 1 saturated heterocycles. The lowest BCUT2D eigenvalue weighted by Crippen LogP contribution is -2.45. The highest BCUT2D eigenvalue weighted by molar-refractivity contribution is 6.29. The molecular weight excluding hydrogens is 316 g/mol. The first kappa shape index (κ1) is 16.1. The number of hydrogen-bond donors (Lipinski definition) is 1. The van der Waals surface area contributed by atoms with Gasteiger partial charge in [0.05, 0.1) is 6.04 Å². The Bertz CT molecular complexity index is 669. The number of anilines is 1. The number of nitrogens with zero attached hydrogens (tertiary/aromatic N) is 3. The Morgan fingerprint density at radius 1 is 1.39 bits per heavy atom. The highest BCUT2D eigenvalue weighted by Crippen LogP contribution is 2.40. The summed E-state index contributed by atoms with van der Waals surface area (Å²) in [4.78, 5) is 14.3. The average Bonchev–Trinajstić information content (AvgIpc) is 2.71. The van der Waals surface area contributed by atoms with Crippen molar-refractivity contribution in [3.63, 3.8) is 0 Å². The van der Waals surface area contributed by atoms with Gasteiger partial charge in [0, 0.05) is 11.6 Å². The van der Waals surface area contributed by atoms with E-state index in [0.717, 1.165) is 30.4 Å². The van der Waals surface area contributed by atoms with E-state index < -0.39 is 5.60 Å². The molecule has 0 aromatic carbocycles. The molecule has 0 saturated carbocycles. The molecule has 0 spiro atoms. The van der Waals surface area contributed by atoms with Gasteiger partial charge in [-0.3, -0.25) is 4.90 Å². The Labute approximate surface area is 140 Å². The van der Waals surface area contributed by atoms with E-state index in [1.807, 2.05) is 25.7 Å². The molecule has 2 aliphatic rings. The first-order chi connectivity index (χ1) is 10.7. The molecule has 1 aromatic rings. The Morgan fingerprint density at radius 2 is 2.13 bits per heavy atom. The van der Waals surface area contributed by atoms with Crippen LogP contribution in [0, 0.1) is 0 Å². The molecule has 2 N–H and O–H groups in total. The zero-order valence-corrected chi connectivity index (χ0v) is 14.3. The third kappa shape index (κ3) is 3.27. The van der Waals surface area contributed by atoms with E-state index in [-0.39, 0.29) is 18.2 Å². The van der Waals surface area contributed by atoms with Crippen LogP contribution in [0.5, 0.6) is 0 Å². The van der Waals surface area contributed by atoms with Crippen molar-refractivity contribution < 1.29 is 9.53 Å². The smallest absolute Gasteiger partial charge is 0.411 e. The molecule has 6 nitrogen and oxygen atoms in total. The van der Waals surface area contributed by atoms with Gasteiger partial charge < -0.3 is 10.5 Å². The normalized spacial score (nSPS) is 23.7. The molecule has 2 unspecified atom stereocenters. The van der Waals surface area contributed by atoms with Gasteiger partial charge in [-0.25, -0.2) is 4.79 Å². The van der Waals surface area contributed by atoms with E-state index in [9.17, 15) is 4.79 Å². The van der Waals surface area contributed by atoms with Crippen LogP contribution in [0.3, 0.4) is 0 Å². The molecule has 23 heavy (non-hydrogen) atoms. The Balaban J connectivity index is 1.86. The van der Waals surface area contributed by atoms with Crippen molar-refractivity contribution in [3.8, 4) is 0 Å². The Kier molecular flexibility index (Phi) is 3.96. The van der Waals surface area contributed by atoms with Crippen molar-refractivity contribution in [1.29, 1.82) is 0 Å². The second-order valence-electron chi connectivity index (χ2n) is 7.05. The number of nitrogen functional groups attached to an aromatic ring is 1. The molecule has 124 valence electrons. The van der Waals surface area contributed by atoms with Gasteiger partial charge in [-0.05, 0) is 51.7 Å². The summed E-state index contributed by atoms with van der Waals surface area (Å²) in [6.07, 6.45) is 4.44. The molecule has 1 fully saturated rings. The number of hydrogen-bond acceptors (Lipinski definition) is 5. The summed E-state index contributed by atoms with van der Waals surface area (Å²) in [5.41, 5.74) is 7.32. The quantitative estimate of drug-likeness (QED) is 0.851. The van der Waals surface area contributed by atoms with E-state index >= 15 is 0 Å². The predicted octanol–water partition coefficient (Wildman–Crippen LogP) is 3.27. The molecule has 2 bridgehead atoms. The van der Waals surface area contributed by atoms with Crippen LogP contribution in [0.15, 0.2) is 12.1 Å². The fraction of sp³-hybridized carbons (Fsp3) is 0.562. The van der Waals surface area contributed by atoms with Crippen LogP contribution in [0.25, 0.3) is 5.57 Å². The van der Waals surface area contributed by atoms with Gasteiger partial charge in [0.1, 0.15) is 5.60 Å². The molecule has 3 heterocycles. The molecule has 1 aromatic heterocycles. The molecule has 7 heteroatoms. The van der Waals surface area contributed by atoms with Crippen LogP contribution in [-0.2, 0) is 4.74 Å². The number of ether oxygens (including phenoxy) is 1.